The number of nitrogens with zero attached hydrogens (tertiary/aromatic N) is 3. The van der Waals surface area contributed by atoms with Gasteiger partial charge in [-0.3, -0.25) is 9.78 Å². The quantitative estimate of drug-likeness (QED) is 0.684. The molecule has 1 amide bonds. The van der Waals surface area contributed by atoms with Crippen LogP contribution in [0.5, 0.6) is 0 Å². The predicted octanol–water partition coefficient (Wildman–Crippen LogP) is 3.45. The Morgan fingerprint density at radius 3 is 2.74 bits per heavy atom. The van der Waals surface area contributed by atoms with E-state index in [0.717, 1.165) is 35.2 Å². The molecule has 0 radical (unpaired) electrons. The van der Waals surface area contributed by atoms with Gasteiger partial charge in [-0.1, -0.05) is 18.2 Å². The molecular weight excluding hydrogens is 327 g/mol. The summed E-state index contributed by atoms with van der Waals surface area (Å²) < 4.78 is 38.8. The molecule has 0 saturated carbocycles. The van der Waals surface area contributed by atoms with Crippen molar-refractivity contribution in [1.29, 1.82) is 0 Å². The number of alkyl halides is 3. The highest BCUT2D eigenvalue weighted by atomic mass is 32.1. The molecule has 3 aromatic rings. The molecule has 0 bridgehead atoms. The monoisotopic (exact) mass is 335 g/mol. The highest BCUT2D eigenvalue weighted by molar-refractivity contribution is 7.07. The summed E-state index contributed by atoms with van der Waals surface area (Å²) in [6.45, 7) is 0. The van der Waals surface area contributed by atoms with Crippen LogP contribution in [0.4, 0.5) is 13.2 Å². The second-order valence-corrected chi connectivity index (χ2v) is 5.36. The molecule has 2 aromatic heterocycles. The van der Waals surface area contributed by atoms with Crippen LogP contribution in [0.1, 0.15) is 15.9 Å². The fraction of sp³-hybridized carbons (Fsp3) is 0.0667. The third kappa shape index (κ3) is 3.26. The molecule has 0 saturated heterocycles. The lowest BCUT2D eigenvalue weighted by Crippen LogP contribution is -2.15. The lowest BCUT2D eigenvalue weighted by atomic mass is 10.1. The van der Waals surface area contributed by atoms with Gasteiger partial charge in [-0.25, -0.2) is 4.98 Å². The number of amides is 1. The SMILES string of the molecule is O=C(N=c1nc2ccccc2cs1)c1cnccc1C(F)(F)F. The Morgan fingerprint density at radius 1 is 1.17 bits per heavy atom. The zero-order valence-corrected chi connectivity index (χ0v) is 12.2. The van der Waals surface area contributed by atoms with Gasteiger partial charge < -0.3 is 0 Å². The van der Waals surface area contributed by atoms with Crippen molar-refractivity contribution in [2.75, 3.05) is 0 Å². The molecule has 8 heteroatoms. The van der Waals surface area contributed by atoms with Crippen molar-refractivity contribution in [3.05, 3.63) is 64.0 Å². The van der Waals surface area contributed by atoms with Crippen LogP contribution in [0.3, 0.4) is 0 Å². The molecule has 1 aromatic carbocycles. The predicted molar refractivity (Wildman–Crippen MR) is 78.8 cm³/mol. The van der Waals surface area contributed by atoms with Crippen LogP contribution in [0.2, 0.25) is 0 Å². The maximum Gasteiger partial charge on any atom is 0.417 e. The average molecular weight is 335 g/mol. The molecule has 2 heterocycles. The fourth-order valence-corrected chi connectivity index (χ4v) is 2.66. The molecule has 0 N–H and O–H groups in total. The molecule has 4 nitrogen and oxygen atoms in total. The molecule has 0 fully saturated rings. The molecule has 0 aliphatic carbocycles. The zero-order chi connectivity index (χ0) is 16.4. The van der Waals surface area contributed by atoms with Crippen LogP contribution in [0, 0.1) is 0 Å². The van der Waals surface area contributed by atoms with E-state index in [1.165, 1.54) is 0 Å². The van der Waals surface area contributed by atoms with Crippen molar-refractivity contribution < 1.29 is 18.0 Å². The van der Waals surface area contributed by atoms with E-state index < -0.39 is 23.2 Å². The lowest BCUT2D eigenvalue weighted by Gasteiger charge is -2.08. The van der Waals surface area contributed by atoms with Gasteiger partial charge in [0, 0.05) is 23.2 Å². The Hall–Kier alpha value is -2.61. The van der Waals surface area contributed by atoms with E-state index in [-0.39, 0.29) is 4.80 Å². The molecule has 0 atom stereocenters. The van der Waals surface area contributed by atoms with Gasteiger partial charge in [-0.2, -0.15) is 18.2 Å². The highest BCUT2D eigenvalue weighted by Crippen LogP contribution is 2.31. The zero-order valence-electron chi connectivity index (χ0n) is 11.4. The number of carbonyl (C=O) groups is 1. The van der Waals surface area contributed by atoms with E-state index in [1.54, 1.807) is 17.5 Å². The summed E-state index contributed by atoms with van der Waals surface area (Å²) in [6, 6.07) is 7.93. The summed E-state index contributed by atoms with van der Waals surface area (Å²) in [5.41, 5.74) is -1.05. The topological polar surface area (TPSA) is 55.2 Å². The first-order chi connectivity index (χ1) is 10.9. The normalized spacial score (nSPS) is 12.6. The minimum atomic E-state index is -4.65. The van der Waals surface area contributed by atoms with E-state index in [4.69, 9.17) is 0 Å². The van der Waals surface area contributed by atoms with Crippen LogP contribution < -0.4 is 4.80 Å². The molecule has 0 aliphatic heterocycles. The minimum Gasteiger partial charge on any atom is -0.267 e. The van der Waals surface area contributed by atoms with E-state index in [1.807, 2.05) is 12.1 Å². The Bertz CT molecular complexity index is 950. The number of hydrogen-bond acceptors (Lipinski definition) is 4. The number of carbonyl (C=O) groups excluding carboxylic acids is 1. The number of halogens is 3. The van der Waals surface area contributed by atoms with Crippen LogP contribution in [-0.2, 0) is 6.18 Å². The average Bonchev–Trinajstić information content (AvgIpc) is 2.54. The van der Waals surface area contributed by atoms with Gasteiger partial charge in [0.05, 0.1) is 16.6 Å². The standard InChI is InChI=1S/C15H8F3N3OS/c16-15(17,18)11-5-6-19-7-10(11)13(22)21-14-20-12-4-2-1-3-9(12)8-23-14/h1-8H. The Morgan fingerprint density at radius 2 is 1.96 bits per heavy atom. The summed E-state index contributed by atoms with van der Waals surface area (Å²) in [5, 5.41) is 2.60. The first kappa shape index (κ1) is 15.3. The number of benzene rings is 1. The van der Waals surface area contributed by atoms with E-state index in [2.05, 4.69) is 15.0 Å². The second-order valence-electron chi connectivity index (χ2n) is 4.52. The van der Waals surface area contributed by atoms with Crippen molar-refractivity contribution in [2.45, 2.75) is 6.18 Å². The van der Waals surface area contributed by atoms with Crippen molar-refractivity contribution in [2.24, 2.45) is 4.99 Å². The third-order valence-electron chi connectivity index (χ3n) is 3.00. The van der Waals surface area contributed by atoms with Gasteiger partial charge in [0.25, 0.3) is 5.91 Å². The Kier molecular flexibility index (Phi) is 3.91. The number of para-hydroxylation sites is 1. The van der Waals surface area contributed by atoms with Gasteiger partial charge in [-0.15, -0.1) is 11.3 Å². The third-order valence-corrected chi connectivity index (χ3v) is 3.76. The van der Waals surface area contributed by atoms with Gasteiger partial charge in [0.15, 0.2) is 0 Å². The van der Waals surface area contributed by atoms with Crippen molar-refractivity contribution >= 4 is 28.1 Å². The molecule has 116 valence electrons. The smallest absolute Gasteiger partial charge is 0.267 e. The summed E-state index contributed by atoms with van der Waals surface area (Å²) in [5.74, 6) is -1.02. The Balaban J connectivity index is 2.07. The molecule has 0 spiro atoms. The summed E-state index contributed by atoms with van der Waals surface area (Å²) in [7, 11) is 0. The van der Waals surface area contributed by atoms with Gasteiger partial charge >= 0.3 is 6.18 Å². The largest absolute Gasteiger partial charge is 0.417 e. The van der Waals surface area contributed by atoms with Gasteiger partial charge in [-0.05, 0) is 12.1 Å². The first-order valence-electron chi connectivity index (χ1n) is 6.40. The number of hydrogen-bond donors (Lipinski definition) is 0. The number of aromatic nitrogens is 2. The maximum atomic E-state index is 12.9. The number of fused-ring (bicyclic) bond motifs is 1. The Labute approximate surface area is 132 Å². The van der Waals surface area contributed by atoms with Crippen LogP contribution in [-0.4, -0.2) is 15.9 Å². The summed E-state index contributed by atoms with van der Waals surface area (Å²) in [4.78, 5) is 23.6. The second kappa shape index (κ2) is 5.88. The number of rotatable bonds is 1. The molecule has 0 unspecified atom stereocenters. The summed E-state index contributed by atoms with van der Waals surface area (Å²) >= 11 is 1.08. The first-order valence-corrected chi connectivity index (χ1v) is 7.28. The van der Waals surface area contributed by atoms with Crippen LogP contribution in [0.25, 0.3) is 10.9 Å². The molecule has 0 aliphatic rings. The lowest BCUT2D eigenvalue weighted by molar-refractivity contribution is -0.138. The van der Waals surface area contributed by atoms with Crippen LogP contribution in [0.15, 0.2) is 53.1 Å². The molecule has 23 heavy (non-hydrogen) atoms. The number of pyridine rings is 1. The fourth-order valence-electron chi connectivity index (χ4n) is 1.95. The molecule has 3 rings (SSSR count). The van der Waals surface area contributed by atoms with Crippen molar-refractivity contribution in [3.8, 4) is 0 Å². The van der Waals surface area contributed by atoms with E-state index >= 15 is 0 Å². The van der Waals surface area contributed by atoms with Gasteiger partial charge in [0.1, 0.15) is 0 Å². The minimum absolute atomic E-state index is 0.0886. The van der Waals surface area contributed by atoms with Crippen molar-refractivity contribution in [3.63, 3.8) is 0 Å². The molecular formula is C15H8F3N3OS. The summed E-state index contributed by atoms with van der Waals surface area (Å²) in [6.07, 6.45) is -2.80. The maximum absolute atomic E-state index is 12.9. The van der Waals surface area contributed by atoms with Crippen molar-refractivity contribution in [1.82, 2.24) is 9.97 Å². The van der Waals surface area contributed by atoms with Crippen LogP contribution >= 0.6 is 11.3 Å². The van der Waals surface area contributed by atoms with E-state index in [0.29, 0.717) is 5.52 Å². The van der Waals surface area contributed by atoms with Gasteiger partial charge in [0.2, 0.25) is 4.80 Å². The highest BCUT2D eigenvalue weighted by Gasteiger charge is 2.35. The van der Waals surface area contributed by atoms with E-state index in [9.17, 15) is 18.0 Å².